The van der Waals surface area contributed by atoms with Crippen LogP contribution in [0.4, 0.5) is 13.2 Å². The lowest BCUT2D eigenvalue weighted by Crippen LogP contribution is -2.39. The van der Waals surface area contributed by atoms with Gasteiger partial charge >= 0.3 is 12.1 Å². The third kappa shape index (κ3) is 4.32. The highest BCUT2D eigenvalue weighted by Gasteiger charge is 2.47. The molecule has 1 unspecified atom stereocenters. The van der Waals surface area contributed by atoms with Crippen molar-refractivity contribution < 1.29 is 27.5 Å². The van der Waals surface area contributed by atoms with Crippen molar-refractivity contribution in [3.05, 3.63) is 46.7 Å². The molecule has 0 bridgehead atoms. The summed E-state index contributed by atoms with van der Waals surface area (Å²) in [6, 6.07) is 5.22. The summed E-state index contributed by atoms with van der Waals surface area (Å²) in [5.41, 5.74) is 0.292. The number of Topliss-reactive ketones (excluding diaryl/α,β-unsaturated/α-hetero) is 1. The van der Waals surface area contributed by atoms with Gasteiger partial charge in [-0.25, -0.2) is 0 Å². The van der Waals surface area contributed by atoms with Gasteiger partial charge in [0.25, 0.3) is 0 Å². The van der Waals surface area contributed by atoms with Gasteiger partial charge in [0, 0.05) is 29.3 Å². The van der Waals surface area contributed by atoms with Gasteiger partial charge in [-0.1, -0.05) is 24.6 Å². The number of alkyl halides is 3. The fourth-order valence-corrected chi connectivity index (χ4v) is 5.09. The molecule has 4 rings (SSSR count). The summed E-state index contributed by atoms with van der Waals surface area (Å²) >= 11 is 0. The van der Waals surface area contributed by atoms with Crippen LogP contribution in [0, 0.1) is 5.92 Å². The lowest BCUT2D eigenvalue weighted by molar-refractivity contribution is -0.154. The Hall–Kier alpha value is -2.44. The van der Waals surface area contributed by atoms with E-state index in [2.05, 4.69) is 4.99 Å². The van der Waals surface area contributed by atoms with Crippen molar-refractivity contribution in [1.82, 2.24) is 0 Å². The number of hydrogen-bond donors (Lipinski definition) is 0. The van der Waals surface area contributed by atoms with Crippen molar-refractivity contribution in [2.24, 2.45) is 10.9 Å². The first-order valence-corrected chi connectivity index (χ1v) is 11.0. The highest BCUT2D eigenvalue weighted by atomic mass is 19.4. The first-order chi connectivity index (χ1) is 14.8. The molecule has 1 fully saturated rings. The van der Waals surface area contributed by atoms with Gasteiger partial charge in [0.1, 0.15) is 12.0 Å². The molecule has 3 aliphatic rings. The van der Waals surface area contributed by atoms with E-state index < -0.39 is 29.5 Å². The summed E-state index contributed by atoms with van der Waals surface area (Å²) < 4.78 is 47.4. The lowest BCUT2D eigenvalue weighted by atomic mass is 9.70. The summed E-state index contributed by atoms with van der Waals surface area (Å²) in [4.78, 5) is 30.7. The Morgan fingerprint density at radius 3 is 2.48 bits per heavy atom. The third-order valence-electron chi connectivity index (χ3n) is 6.52. The molecule has 1 aliphatic heterocycles. The first-order valence-electron chi connectivity index (χ1n) is 11.0. The number of nitrogens with zero attached hydrogens (tertiary/aromatic N) is 1. The van der Waals surface area contributed by atoms with E-state index in [1.54, 1.807) is 6.92 Å². The first kappa shape index (κ1) is 21.8. The maximum absolute atomic E-state index is 13.9. The number of ether oxygens (including phenoxy) is 1. The number of hydrogen-bond acceptors (Lipinski definition) is 4. The van der Waals surface area contributed by atoms with Crippen molar-refractivity contribution in [1.29, 1.82) is 0 Å². The number of halogens is 3. The van der Waals surface area contributed by atoms with Gasteiger partial charge in [0.15, 0.2) is 5.78 Å². The van der Waals surface area contributed by atoms with E-state index in [0.29, 0.717) is 24.3 Å². The summed E-state index contributed by atoms with van der Waals surface area (Å²) in [5, 5.41) is 0. The topological polar surface area (TPSA) is 55.7 Å². The second-order valence-electron chi connectivity index (χ2n) is 8.63. The molecule has 1 aromatic rings. The molecular formula is C24H26F3NO3. The molecule has 0 radical (unpaired) electrons. The SMILES string of the molecule is CC1=NC2=C(C(=O)CCC2)[C@@H](c2ccccc2C(F)(F)F)C1C(=O)OC1CCCCC1. The predicted octanol–water partition coefficient (Wildman–Crippen LogP) is 5.76. The van der Waals surface area contributed by atoms with Crippen LogP contribution in [0.15, 0.2) is 40.5 Å². The highest BCUT2D eigenvalue weighted by Crippen LogP contribution is 2.47. The number of carbonyl (C=O) groups excluding carboxylic acids is 2. The van der Waals surface area contributed by atoms with Crippen LogP contribution >= 0.6 is 0 Å². The molecule has 0 aromatic heterocycles. The maximum atomic E-state index is 13.9. The van der Waals surface area contributed by atoms with Gasteiger partial charge in [-0.3, -0.25) is 14.6 Å². The van der Waals surface area contributed by atoms with Gasteiger partial charge in [-0.15, -0.1) is 0 Å². The second-order valence-corrected chi connectivity index (χ2v) is 8.63. The third-order valence-corrected chi connectivity index (χ3v) is 6.52. The van der Waals surface area contributed by atoms with Crippen molar-refractivity contribution in [3.8, 4) is 0 Å². The van der Waals surface area contributed by atoms with Gasteiger partial charge in [0.05, 0.1) is 5.56 Å². The Bertz CT molecular complexity index is 942. The number of aliphatic imine (C=N–C) groups is 1. The fourth-order valence-electron chi connectivity index (χ4n) is 5.09. The highest BCUT2D eigenvalue weighted by molar-refractivity contribution is 6.09. The monoisotopic (exact) mass is 433 g/mol. The van der Waals surface area contributed by atoms with E-state index in [1.165, 1.54) is 18.2 Å². The van der Waals surface area contributed by atoms with E-state index in [9.17, 15) is 22.8 Å². The number of benzene rings is 1. The zero-order valence-electron chi connectivity index (χ0n) is 17.5. The van der Waals surface area contributed by atoms with Crippen molar-refractivity contribution >= 4 is 17.5 Å². The smallest absolute Gasteiger partial charge is 0.416 e. The zero-order valence-corrected chi connectivity index (χ0v) is 17.5. The van der Waals surface area contributed by atoms with E-state index in [-0.39, 0.29) is 29.4 Å². The van der Waals surface area contributed by atoms with Gasteiger partial charge in [-0.05, 0) is 57.1 Å². The largest absolute Gasteiger partial charge is 0.462 e. The van der Waals surface area contributed by atoms with Crippen LogP contribution in [0.2, 0.25) is 0 Å². The molecule has 0 saturated heterocycles. The summed E-state index contributed by atoms with van der Waals surface area (Å²) in [6.45, 7) is 1.65. The van der Waals surface area contributed by atoms with Crippen LogP contribution in [-0.4, -0.2) is 23.6 Å². The molecule has 2 aliphatic carbocycles. The van der Waals surface area contributed by atoms with Crippen LogP contribution in [0.25, 0.3) is 0 Å². The summed E-state index contributed by atoms with van der Waals surface area (Å²) in [6.07, 6.45) is 1.07. The second kappa shape index (κ2) is 8.60. The van der Waals surface area contributed by atoms with E-state index in [0.717, 1.165) is 38.2 Å². The molecule has 1 aromatic carbocycles. The molecule has 166 valence electrons. The quantitative estimate of drug-likeness (QED) is 0.569. The minimum Gasteiger partial charge on any atom is -0.462 e. The molecule has 2 atom stereocenters. The number of ketones is 1. The van der Waals surface area contributed by atoms with Gasteiger partial charge in [-0.2, -0.15) is 13.2 Å². The minimum atomic E-state index is -4.60. The number of esters is 1. The predicted molar refractivity (Wildman–Crippen MR) is 110 cm³/mol. The summed E-state index contributed by atoms with van der Waals surface area (Å²) in [7, 11) is 0. The molecule has 0 amide bonds. The van der Waals surface area contributed by atoms with E-state index in [1.807, 2.05) is 0 Å². The summed E-state index contributed by atoms with van der Waals surface area (Å²) in [5.74, 6) is -2.88. The normalized spacial score (nSPS) is 25.2. The number of allylic oxidation sites excluding steroid dienone is 2. The minimum absolute atomic E-state index is 0.0578. The lowest BCUT2D eigenvalue weighted by Gasteiger charge is -2.36. The van der Waals surface area contributed by atoms with Crippen LogP contribution in [-0.2, 0) is 20.5 Å². The Labute approximate surface area is 179 Å². The molecular weight excluding hydrogens is 407 g/mol. The Balaban J connectivity index is 1.80. The van der Waals surface area contributed by atoms with Crippen LogP contribution < -0.4 is 0 Å². The van der Waals surface area contributed by atoms with Crippen molar-refractivity contribution in [2.45, 2.75) is 76.5 Å². The molecule has 1 saturated carbocycles. The van der Waals surface area contributed by atoms with E-state index >= 15 is 0 Å². The standard InChI is InChI=1S/C24H26F3NO3/c1-14-20(23(30)31-15-8-3-2-4-9-15)21(22-18(28-14)12-7-13-19(22)29)16-10-5-6-11-17(16)24(25,26)27/h5-6,10-11,15,20-21H,2-4,7-9,12-13H2,1H3/t20?,21-/m0/s1. The maximum Gasteiger partial charge on any atom is 0.416 e. The Kier molecular flexibility index (Phi) is 6.04. The Morgan fingerprint density at radius 2 is 1.77 bits per heavy atom. The average Bonchev–Trinajstić information content (AvgIpc) is 2.73. The molecule has 0 N–H and O–H groups in total. The molecule has 0 spiro atoms. The van der Waals surface area contributed by atoms with E-state index in [4.69, 9.17) is 4.74 Å². The van der Waals surface area contributed by atoms with Gasteiger partial charge < -0.3 is 4.74 Å². The van der Waals surface area contributed by atoms with Crippen LogP contribution in [0.5, 0.6) is 0 Å². The molecule has 1 heterocycles. The zero-order chi connectivity index (χ0) is 22.2. The van der Waals surface area contributed by atoms with Crippen LogP contribution in [0.1, 0.15) is 75.3 Å². The number of rotatable bonds is 3. The van der Waals surface area contributed by atoms with Crippen LogP contribution in [0.3, 0.4) is 0 Å². The fraction of sp³-hybridized carbons (Fsp3) is 0.542. The molecule has 31 heavy (non-hydrogen) atoms. The molecule has 4 nitrogen and oxygen atoms in total. The van der Waals surface area contributed by atoms with Crippen molar-refractivity contribution in [3.63, 3.8) is 0 Å². The van der Waals surface area contributed by atoms with Crippen molar-refractivity contribution in [2.75, 3.05) is 0 Å². The average molecular weight is 433 g/mol. The molecule has 7 heteroatoms. The number of carbonyl (C=O) groups is 2. The van der Waals surface area contributed by atoms with Gasteiger partial charge in [0.2, 0.25) is 0 Å². The Morgan fingerprint density at radius 1 is 1.06 bits per heavy atom.